The predicted molar refractivity (Wildman–Crippen MR) is 74.5 cm³/mol. The Kier molecular flexibility index (Phi) is 4.11. The van der Waals surface area contributed by atoms with Gasteiger partial charge in [0.2, 0.25) is 0 Å². The van der Waals surface area contributed by atoms with E-state index < -0.39 is 4.92 Å². The highest BCUT2D eigenvalue weighted by Gasteiger charge is 2.13. The molecule has 0 aliphatic carbocycles. The summed E-state index contributed by atoms with van der Waals surface area (Å²) in [6, 6.07) is 10.7. The number of halogens is 2. The van der Waals surface area contributed by atoms with Crippen molar-refractivity contribution in [2.24, 2.45) is 0 Å². The number of hydrogen-bond acceptors (Lipinski definition) is 3. The van der Waals surface area contributed by atoms with Crippen molar-refractivity contribution in [3.8, 4) is 0 Å². The van der Waals surface area contributed by atoms with Gasteiger partial charge in [-0.15, -0.1) is 0 Å². The number of anilines is 1. The first kappa shape index (κ1) is 13.5. The third-order valence-electron chi connectivity index (χ3n) is 2.57. The summed E-state index contributed by atoms with van der Waals surface area (Å²) in [7, 11) is 0. The molecule has 0 amide bonds. The molecule has 2 rings (SSSR count). The van der Waals surface area contributed by atoms with E-state index in [-0.39, 0.29) is 11.5 Å². The molecule has 4 nitrogen and oxygen atoms in total. The highest BCUT2D eigenvalue weighted by molar-refractivity contribution is 9.10. The van der Waals surface area contributed by atoms with Crippen molar-refractivity contribution in [2.75, 3.05) is 5.32 Å². The summed E-state index contributed by atoms with van der Waals surface area (Å²) in [5.41, 5.74) is 1.32. The Labute approximate surface area is 117 Å². The minimum absolute atomic E-state index is 0.0454. The zero-order valence-electron chi connectivity index (χ0n) is 9.77. The fourth-order valence-electron chi connectivity index (χ4n) is 1.62. The summed E-state index contributed by atoms with van der Waals surface area (Å²) in [6.45, 7) is 0.301. The van der Waals surface area contributed by atoms with Crippen LogP contribution < -0.4 is 5.32 Å². The largest absolute Gasteiger partial charge is 0.381 e. The lowest BCUT2D eigenvalue weighted by Gasteiger charge is -2.07. The quantitative estimate of drug-likeness (QED) is 0.680. The molecule has 0 atom stereocenters. The molecule has 0 unspecified atom stereocenters. The van der Waals surface area contributed by atoms with E-state index in [0.29, 0.717) is 22.3 Å². The summed E-state index contributed by atoms with van der Waals surface area (Å²) < 4.78 is 13.4. The number of rotatable bonds is 4. The van der Waals surface area contributed by atoms with E-state index in [0.717, 1.165) is 0 Å². The second-order valence-corrected chi connectivity index (χ2v) is 4.81. The molecule has 0 aliphatic rings. The van der Waals surface area contributed by atoms with E-state index in [1.165, 1.54) is 18.2 Å². The van der Waals surface area contributed by atoms with Gasteiger partial charge in [-0.3, -0.25) is 10.1 Å². The molecule has 0 aliphatic heterocycles. The van der Waals surface area contributed by atoms with Crippen molar-refractivity contribution >= 4 is 27.3 Å². The van der Waals surface area contributed by atoms with Crippen LogP contribution in [-0.2, 0) is 6.54 Å². The molecule has 0 saturated carbocycles. The van der Waals surface area contributed by atoms with Crippen LogP contribution >= 0.6 is 15.9 Å². The molecule has 0 heterocycles. The van der Waals surface area contributed by atoms with Crippen LogP contribution in [0.5, 0.6) is 0 Å². The van der Waals surface area contributed by atoms with Crippen LogP contribution in [0.4, 0.5) is 15.8 Å². The first-order chi connectivity index (χ1) is 9.06. The standard InChI is InChI=1S/C13H10BrFN2O2/c14-10-2-1-9(13(7-10)17(18)19)8-16-12-5-3-11(15)4-6-12/h1-7,16H,8H2. The fraction of sp³-hybridized carbons (Fsp3) is 0.0769. The Morgan fingerprint density at radius 3 is 2.53 bits per heavy atom. The Balaban J connectivity index is 2.15. The Morgan fingerprint density at radius 1 is 1.21 bits per heavy atom. The van der Waals surface area contributed by atoms with Crippen molar-refractivity contribution in [3.63, 3.8) is 0 Å². The monoisotopic (exact) mass is 324 g/mol. The highest BCUT2D eigenvalue weighted by atomic mass is 79.9. The molecule has 0 saturated heterocycles. The van der Waals surface area contributed by atoms with Crippen molar-refractivity contribution < 1.29 is 9.31 Å². The van der Waals surface area contributed by atoms with Gasteiger partial charge in [-0.05, 0) is 36.4 Å². The molecule has 1 N–H and O–H groups in total. The van der Waals surface area contributed by atoms with Gasteiger partial charge in [-0.1, -0.05) is 15.9 Å². The normalized spacial score (nSPS) is 10.2. The summed E-state index contributed by atoms with van der Waals surface area (Å²) in [5, 5.41) is 14.0. The third-order valence-corrected chi connectivity index (χ3v) is 3.06. The molecule has 0 spiro atoms. The fourth-order valence-corrected chi connectivity index (χ4v) is 1.97. The number of benzene rings is 2. The van der Waals surface area contributed by atoms with Gasteiger partial charge in [0.15, 0.2) is 0 Å². The predicted octanol–water partition coefficient (Wildman–Crippen LogP) is 4.11. The van der Waals surface area contributed by atoms with Crippen LogP contribution in [0.15, 0.2) is 46.9 Å². The summed E-state index contributed by atoms with van der Waals surface area (Å²) in [5.74, 6) is -0.319. The molecule has 0 aromatic heterocycles. The maximum absolute atomic E-state index is 12.7. The van der Waals surface area contributed by atoms with Crippen LogP contribution in [0.25, 0.3) is 0 Å². The highest BCUT2D eigenvalue weighted by Crippen LogP contribution is 2.24. The van der Waals surface area contributed by atoms with Gasteiger partial charge in [0, 0.05) is 28.3 Å². The number of nitrogens with zero attached hydrogens (tertiary/aromatic N) is 1. The zero-order valence-corrected chi connectivity index (χ0v) is 11.4. The number of nitro benzene ring substituents is 1. The molecule has 0 bridgehead atoms. The smallest absolute Gasteiger partial charge is 0.275 e. The lowest BCUT2D eigenvalue weighted by molar-refractivity contribution is -0.385. The summed E-state index contributed by atoms with van der Waals surface area (Å²) in [4.78, 5) is 10.5. The van der Waals surface area contributed by atoms with E-state index in [1.54, 1.807) is 24.3 Å². The topological polar surface area (TPSA) is 55.2 Å². The van der Waals surface area contributed by atoms with E-state index >= 15 is 0 Å². The minimum Gasteiger partial charge on any atom is -0.381 e. The van der Waals surface area contributed by atoms with Crippen molar-refractivity contribution in [3.05, 3.63) is 68.4 Å². The van der Waals surface area contributed by atoms with E-state index in [1.807, 2.05) is 0 Å². The molecule has 98 valence electrons. The van der Waals surface area contributed by atoms with Crippen molar-refractivity contribution in [2.45, 2.75) is 6.54 Å². The van der Waals surface area contributed by atoms with Gasteiger partial charge in [0.1, 0.15) is 5.82 Å². The van der Waals surface area contributed by atoms with Crippen LogP contribution in [0.3, 0.4) is 0 Å². The van der Waals surface area contributed by atoms with Gasteiger partial charge in [0.25, 0.3) is 5.69 Å². The lowest BCUT2D eigenvalue weighted by Crippen LogP contribution is -2.03. The second-order valence-electron chi connectivity index (χ2n) is 3.89. The van der Waals surface area contributed by atoms with Crippen LogP contribution in [-0.4, -0.2) is 4.92 Å². The molecule has 2 aromatic rings. The lowest BCUT2D eigenvalue weighted by atomic mass is 10.2. The van der Waals surface area contributed by atoms with Crippen LogP contribution in [0, 0.1) is 15.9 Å². The first-order valence-corrected chi connectivity index (χ1v) is 6.28. The average Bonchev–Trinajstić information content (AvgIpc) is 2.39. The number of nitrogens with one attached hydrogen (secondary N) is 1. The first-order valence-electron chi connectivity index (χ1n) is 5.48. The summed E-state index contributed by atoms with van der Waals surface area (Å²) >= 11 is 3.20. The van der Waals surface area contributed by atoms with Gasteiger partial charge >= 0.3 is 0 Å². The Hall–Kier alpha value is -1.95. The van der Waals surface area contributed by atoms with Crippen LogP contribution in [0.1, 0.15) is 5.56 Å². The minimum atomic E-state index is -0.424. The van der Waals surface area contributed by atoms with Crippen LogP contribution in [0.2, 0.25) is 0 Å². The number of nitro groups is 1. The molecule has 0 fully saturated rings. The zero-order chi connectivity index (χ0) is 13.8. The van der Waals surface area contributed by atoms with E-state index in [2.05, 4.69) is 21.2 Å². The third kappa shape index (κ3) is 3.51. The maximum atomic E-state index is 12.7. The van der Waals surface area contributed by atoms with Gasteiger partial charge < -0.3 is 5.32 Å². The molecule has 0 radical (unpaired) electrons. The van der Waals surface area contributed by atoms with Crippen molar-refractivity contribution in [1.82, 2.24) is 0 Å². The van der Waals surface area contributed by atoms with E-state index in [4.69, 9.17) is 0 Å². The van der Waals surface area contributed by atoms with E-state index in [9.17, 15) is 14.5 Å². The van der Waals surface area contributed by atoms with Gasteiger partial charge in [-0.25, -0.2) is 4.39 Å². The maximum Gasteiger partial charge on any atom is 0.275 e. The van der Waals surface area contributed by atoms with Gasteiger partial charge in [0.05, 0.1) is 4.92 Å². The molecule has 2 aromatic carbocycles. The Morgan fingerprint density at radius 2 is 1.89 bits per heavy atom. The molecular weight excluding hydrogens is 315 g/mol. The molecular formula is C13H10BrFN2O2. The van der Waals surface area contributed by atoms with Crippen molar-refractivity contribution in [1.29, 1.82) is 0 Å². The Bertz CT molecular complexity index is 602. The molecule has 19 heavy (non-hydrogen) atoms. The number of hydrogen-bond donors (Lipinski definition) is 1. The molecule has 6 heteroatoms. The average molecular weight is 325 g/mol. The van der Waals surface area contributed by atoms with Gasteiger partial charge in [-0.2, -0.15) is 0 Å². The summed E-state index contributed by atoms with van der Waals surface area (Å²) in [6.07, 6.45) is 0. The second kappa shape index (κ2) is 5.79. The SMILES string of the molecule is O=[N+]([O-])c1cc(Br)ccc1CNc1ccc(F)cc1.